The normalized spacial score (nSPS) is 21.9. The van der Waals surface area contributed by atoms with Crippen LogP contribution in [0.1, 0.15) is 29.5 Å². The van der Waals surface area contributed by atoms with E-state index in [1.165, 1.54) is 11.6 Å². The van der Waals surface area contributed by atoms with Gasteiger partial charge in [0.25, 0.3) is 0 Å². The average Bonchev–Trinajstić information content (AvgIpc) is 3.30. The Balaban J connectivity index is 1.86. The van der Waals surface area contributed by atoms with Crippen molar-refractivity contribution >= 4 is 0 Å². The van der Waals surface area contributed by atoms with E-state index in [4.69, 9.17) is 4.74 Å². The molecule has 0 radical (unpaired) electrons. The van der Waals surface area contributed by atoms with Crippen LogP contribution in [-0.2, 0) is 0 Å². The zero-order valence-corrected chi connectivity index (χ0v) is 12.3. The molecule has 0 aromatic heterocycles. The minimum Gasteiger partial charge on any atom is -0.496 e. The summed E-state index contributed by atoms with van der Waals surface area (Å²) in [6.07, 6.45) is 1.12. The third kappa shape index (κ3) is 2.79. The fourth-order valence-electron chi connectivity index (χ4n) is 3.22. The number of nitrogens with one attached hydrogen (secondary N) is 1. The lowest BCUT2D eigenvalue weighted by atomic mass is 9.98. The summed E-state index contributed by atoms with van der Waals surface area (Å²) in [4.78, 5) is 0. The molecule has 3 heteroatoms. The van der Waals surface area contributed by atoms with Crippen molar-refractivity contribution in [3.63, 3.8) is 0 Å². The smallest absolute Gasteiger partial charge is 0.123 e. The summed E-state index contributed by atoms with van der Waals surface area (Å²) in [6, 6.07) is 15.4. The largest absolute Gasteiger partial charge is 0.496 e. The van der Waals surface area contributed by atoms with Gasteiger partial charge in [0.1, 0.15) is 11.6 Å². The molecule has 3 unspecified atom stereocenters. The maximum absolute atomic E-state index is 13.6. The van der Waals surface area contributed by atoms with Gasteiger partial charge in [0.05, 0.1) is 7.11 Å². The molecule has 21 heavy (non-hydrogen) atoms. The first-order valence-electron chi connectivity index (χ1n) is 7.30. The van der Waals surface area contributed by atoms with Crippen LogP contribution in [0.5, 0.6) is 5.75 Å². The highest BCUT2D eigenvalue weighted by Crippen LogP contribution is 2.54. The first-order chi connectivity index (χ1) is 10.2. The number of benzene rings is 2. The molecule has 1 saturated carbocycles. The summed E-state index contributed by atoms with van der Waals surface area (Å²) in [6.45, 7) is 0. The predicted molar refractivity (Wildman–Crippen MR) is 82.0 cm³/mol. The highest BCUT2D eigenvalue weighted by atomic mass is 19.1. The molecule has 110 valence electrons. The van der Waals surface area contributed by atoms with Crippen LogP contribution in [0.4, 0.5) is 4.39 Å². The fourth-order valence-corrected chi connectivity index (χ4v) is 3.22. The van der Waals surface area contributed by atoms with Gasteiger partial charge in [-0.15, -0.1) is 0 Å². The molecule has 1 N–H and O–H groups in total. The lowest BCUT2D eigenvalue weighted by molar-refractivity contribution is 0.393. The van der Waals surface area contributed by atoms with Crippen molar-refractivity contribution in [2.45, 2.75) is 18.4 Å². The van der Waals surface area contributed by atoms with Crippen LogP contribution in [-0.4, -0.2) is 14.2 Å². The second-order valence-corrected chi connectivity index (χ2v) is 5.57. The maximum atomic E-state index is 13.6. The summed E-state index contributed by atoms with van der Waals surface area (Å²) < 4.78 is 19.0. The number of hydrogen-bond donors (Lipinski definition) is 1. The van der Waals surface area contributed by atoms with E-state index in [0.29, 0.717) is 11.8 Å². The lowest BCUT2D eigenvalue weighted by Gasteiger charge is -2.20. The standard InChI is InChI=1S/C18H20FNO/c1-20-18(16-10-13(19)8-9-17(16)21-2)15-11-14(15)12-6-4-3-5-7-12/h3-10,14-15,18,20H,11H2,1-2H3. The van der Waals surface area contributed by atoms with Crippen LogP contribution in [0.15, 0.2) is 48.5 Å². The van der Waals surface area contributed by atoms with Gasteiger partial charge < -0.3 is 10.1 Å². The van der Waals surface area contributed by atoms with Gasteiger partial charge in [0.2, 0.25) is 0 Å². The Labute approximate surface area is 125 Å². The Morgan fingerprint density at radius 2 is 1.95 bits per heavy atom. The quantitative estimate of drug-likeness (QED) is 0.899. The zero-order valence-electron chi connectivity index (χ0n) is 12.3. The van der Waals surface area contributed by atoms with Crippen LogP contribution in [0, 0.1) is 11.7 Å². The van der Waals surface area contributed by atoms with Crippen LogP contribution in [0.3, 0.4) is 0 Å². The third-order valence-corrected chi connectivity index (χ3v) is 4.33. The molecule has 3 rings (SSSR count). The fraction of sp³-hybridized carbons (Fsp3) is 0.333. The van der Waals surface area contributed by atoms with E-state index >= 15 is 0 Å². The summed E-state index contributed by atoms with van der Waals surface area (Å²) >= 11 is 0. The van der Waals surface area contributed by atoms with Gasteiger partial charge >= 0.3 is 0 Å². The molecule has 2 aromatic carbocycles. The molecule has 0 heterocycles. The summed E-state index contributed by atoms with van der Waals surface area (Å²) in [5.41, 5.74) is 2.27. The van der Waals surface area contributed by atoms with Gasteiger partial charge in [0.15, 0.2) is 0 Å². The Hall–Kier alpha value is -1.87. The van der Waals surface area contributed by atoms with E-state index in [9.17, 15) is 4.39 Å². The molecule has 0 aliphatic heterocycles. The first kappa shape index (κ1) is 14.1. The lowest BCUT2D eigenvalue weighted by Crippen LogP contribution is -2.20. The Morgan fingerprint density at radius 1 is 1.19 bits per heavy atom. The maximum Gasteiger partial charge on any atom is 0.123 e. The molecule has 2 nitrogen and oxygen atoms in total. The third-order valence-electron chi connectivity index (χ3n) is 4.33. The van der Waals surface area contributed by atoms with Crippen molar-refractivity contribution < 1.29 is 9.13 Å². The first-order valence-corrected chi connectivity index (χ1v) is 7.30. The van der Waals surface area contributed by atoms with Crippen LogP contribution in [0.25, 0.3) is 0 Å². The molecule has 1 aliphatic rings. The molecular weight excluding hydrogens is 265 g/mol. The number of methoxy groups -OCH3 is 1. The molecular formula is C18H20FNO. The second kappa shape index (κ2) is 5.86. The molecule has 0 saturated heterocycles. The molecule has 0 amide bonds. The summed E-state index contributed by atoms with van der Waals surface area (Å²) in [5.74, 6) is 1.54. The van der Waals surface area contributed by atoms with Crippen molar-refractivity contribution in [1.29, 1.82) is 0 Å². The van der Waals surface area contributed by atoms with Crippen molar-refractivity contribution in [3.8, 4) is 5.75 Å². The molecule has 1 fully saturated rings. The van der Waals surface area contributed by atoms with Crippen LogP contribution < -0.4 is 10.1 Å². The van der Waals surface area contributed by atoms with Crippen molar-refractivity contribution in [2.75, 3.05) is 14.2 Å². The Bertz CT molecular complexity index is 614. The number of ether oxygens (including phenoxy) is 1. The van der Waals surface area contributed by atoms with Crippen molar-refractivity contribution in [2.24, 2.45) is 5.92 Å². The Kier molecular flexibility index (Phi) is 3.93. The van der Waals surface area contributed by atoms with Gasteiger partial charge in [-0.2, -0.15) is 0 Å². The van der Waals surface area contributed by atoms with Gasteiger partial charge in [-0.25, -0.2) is 4.39 Å². The minimum atomic E-state index is -0.219. The average molecular weight is 285 g/mol. The van der Waals surface area contributed by atoms with Gasteiger partial charge in [-0.1, -0.05) is 30.3 Å². The molecule has 2 aromatic rings. The van der Waals surface area contributed by atoms with Gasteiger partial charge in [-0.3, -0.25) is 0 Å². The van der Waals surface area contributed by atoms with E-state index < -0.39 is 0 Å². The zero-order chi connectivity index (χ0) is 14.8. The Morgan fingerprint density at radius 3 is 2.62 bits per heavy atom. The number of halogens is 1. The minimum absolute atomic E-state index is 0.112. The topological polar surface area (TPSA) is 21.3 Å². The SMILES string of the molecule is CNC(c1cc(F)ccc1OC)C1CC1c1ccccc1. The summed E-state index contributed by atoms with van der Waals surface area (Å²) in [5, 5.41) is 3.34. The van der Waals surface area contributed by atoms with Crippen LogP contribution in [0.2, 0.25) is 0 Å². The monoisotopic (exact) mass is 285 g/mol. The predicted octanol–water partition coefficient (Wildman–Crippen LogP) is 3.90. The summed E-state index contributed by atoms with van der Waals surface area (Å²) in [7, 11) is 3.56. The number of rotatable bonds is 5. The van der Waals surface area contributed by atoms with Gasteiger partial charge in [-0.05, 0) is 49.1 Å². The highest BCUT2D eigenvalue weighted by molar-refractivity contribution is 5.39. The van der Waals surface area contributed by atoms with Crippen molar-refractivity contribution in [3.05, 3.63) is 65.5 Å². The van der Waals surface area contributed by atoms with E-state index in [-0.39, 0.29) is 11.9 Å². The number of hydrogen-bond acceptors (Lipinski definition) is 2. The van der Waals surface area contributed by atoms with E-state index in [0.717, 1.165) is 17.7 Å². The molecule has 0 spiro atoms. The molecule has 0 bridgehead atoms. The van der Waals surface area contributed by atoms with E-state index in [1.54, 1.807) is 19.2 Å². The van der Waals surface area contributed by atoms with E-state index in [1.807, 2.05) is 13.1 Å². The highest BCUT2D eigenvalue weighted by Gasteiger charge is 2.44. The molecule has 1 aliphatic carbocycles. The van der Waals surface area contributed by atoms with Gasteiger partial charge in [0, 0.05) is 11.6 Å². The van der Waals surface area contributed by atoms with Crippen molar-refractivity contribution in [1.82, 2.24) is 5.32 Å². The second-order valence-electron chi connectivity index (χ2n) is 5.57. The van der Waals surface area contributed by atoms with E-state index in [2.05, 4.69) is 29.6 Å². The van der Waals surface area contributed by atoms with Crippen LogP contribution >= 0.6 is 0 Å². The molecule has 3 atom stereocenters.